The molecule has 0 aromatic heterocycles. The van der Waals surface area contributed by atoms with Gasteiger partial charge in [-0.2, -0.15) is 5.26 Å². The van der Waals surface area contributed by atoms with Crippen LogP contribution in [0.2, 0.25) is 5.02 Å². The van der Waals surface area contributed by atoms with E-state index in [9.17, 15) is 0 Å². The Morgan fingerprint density at radius 3 is 2.67 bits per heavy atom. The molecule has 0 saturated carbocycles. The van der Waals surface area contributed by atoms with Gasteiger partial charge in [0.05, 0.1) is 11.3 Å². The minimum Gasteiger partial charge on any atom is -0.381 e. The van der Waals surface area contributed by atoms with Crippen molar-refractivity contribution >= 4 is 17.3 Å². The number of nitriles is 1. The number of nitrogens with zero attached hydrogens (tertiary/aromatic N) is 1. The van der Waals surface area contributed by atoms with Gasteiger partial charge >= 0.3 is 0 Å². The van der Waals surface area contributed by atoms with Crippen molar-refractivity contribution < 1.29 is 0 Å². The van der Waals surface area contributed by atoms with E-state index in [1.807, 2.05) is 12.1 Å². The lowest BCUT2D eigenvalue weighted by Crippen LogP contribution is -2.19. The molecular weight excluding hydrogens is 244 g/mol. The lowest BCUT2D eigenvalue weighted by atomic mass is 10.0. The first-order valence-corrected chi connectivity index (χ1v) is 7.05. The number of rotatable bonds is 7. The average Bonchev–Trinajstić information content (AvgIpc) is 2.38. The van der Waals surface area contributed by atoms with Gasteiger partial charge in [0.15, 0.2) is 0 Å². The summed E-state index contributed by atoms with van der Waals surface area (Å²) in [7, 11) is 0. The molecule has 1 unspecified atom stereocenters. The maximum atomic E-state index is 9.11. The van der Waals surface area contributed by atoms with Crippen molar-refractivity contribution in [1.29, 1.82) is 5.26 Å². The summed E-state index contributed by atoms with van der Waals surface area (Å²) in [5, 5.41) is 13.2. The van der Waals surface area contributed by atoms with Crippen molar-refractivity contribution in [2.75, 3.05) is 5.32 Å². The highest BCUT2D eigenvalue weighted by atomic mass is 35.5. The van der Waals surface area contributed by atoms with Crippen LogP contribution in [-0.4, -0.2) is 6.04 Å². The molecule has 0 spiro atoms. The molecule has 0 bridgehead atoms. The Labute approximate surface area is 115 Å². The second-order valence-electron chi connectivity index (χ2n) is 4.57. The summed E-state index contributed by atoms with van der Waals surface area (Å²) < 4.78 is 0. The smallest absolute Gasteiger partial charge is 0.101 e. The van der Waals surface area contributed by atoms with E-state index >= 15 is 0 Å². The van der Waals surface area contributed by atoms with E-state index in [0.29, 0.717) is 16.6 Å². The maximum Gasteiger partial charge on any atom is 0.101 e. The van der Waals surface area contributed by atoms with Gasteiger partial charge in [0, 0.05) is 11.1 Å². The van der Waals surface area contributed by atoms with E-state index < -0.39 is 0 Å². The third kappa shape index (κ3) is 4.58. The van der Waals surface area contributed by atoms with Gasteiger partial charge in [-0.3, -0.25) is 0 Å². The van der Waals surface area contributed by atoms with Crippen LogP contribution >= 0.6 is 11.6 Å². The quantitative estimate of drug-likeness (QED) is 0.754. The summed E-state index contributed by atoms with van der Waals surface area (Å²) in [6.45, 7) is 4.39. The Morgan fingerprint density at radius 2 is 2.06 bits per heavy atom. The largest absolute Gasteiger partial charge is 0.381 e. The Bertz CT molecular complexity index is 409. The summed E-state index contributed by atoms with van der Waals surface area (Å²) >= 11 is 5.90. The molecule has 0 heterocycles. The van der Waals surface area contributed by atoms with Gasteiger partial charge < -0.3 is 5.32 Å². The van der Waals surface area contributed by atoms with Crippen molar-refractivity contribution in [3.8, 4) is 6.07 Å². The highest BCUT2D eigenvalue weighted by molar-refractivity contribution is 6.30. The molecule has 1 atom stereocenters. The SMILES string of the molecule is CCCCC(CCC)Nc1ccc(Cl)cc1C#N. The first-order valence-electron chi connectivity index (χ1n) is 6.67. The van der Waals surface area contributed by atoms with Crippen molar-refractivity contribution in [3.05, 3.63) is 28.8 Å². The highest BCUT2D eigenvalue weighted by Crippen LogP contribution is 2.22. The molecule has 2 nitrogen and oxygen atoms in total. The fourth-order valence-electron chi connectivity index (χ4n) is 2.04. The zero-order valence-corrected chi connectivity index (χ0v) is 11.9. The summed E-state index contributed by atoms with van der Waals surface area (Å²) in [4.78, 5) is 0. The number of hydrogen-bond acceptors (Lipinski definition) is 2. The molecule has 0 radical (unpaired) electrons. The van der Waals surface area contributed by atoms with Crippen LogP contribution < -0.4 is 5.32 Å². The molecular formula is C15H21ClN2. The lowest BCUT2D eigenvalue weighted by molar-refractivity contribution is 0.564. The number of benzene rings is 1. The fraction of sp³-hybridized carbons (Fsp3) is 0.533. The first-order chi connectivity index (χ1) is 8.71. The number of nitrogens with one attached hydrogen (secondary N) is 1. The monoisotopic (exact) mass is 264 g/mol. The molecule has 18 heavy (non-hydrogen) atoms. The van der Waals surface area contributed by atoms with Gasteiger partial charge in [-0.1, -0.05) is 44.7 Å². The van der Waals surface area contributed by atoms with Crippen LogP contribution in [-0.2, 0) is 0 Å². The van der Waals surface area contributed by atoms with Crippen molar-refractivity contribution in [2.45, 2.75) is 52.0 Å². The zero-order chi connectivity index (χ0) is 13.4. The highest BCUT2D eigenvalue weighted by Gasteiger charge is 2.10. The van der Waals surface area contributed by atoms with Gasteiger partial charge in [0.25, 0.3) is 0 Å². The molecule has 0 saturated heterocycles. The van der Waals surface area contributed by atoms with Gasteiger partial charge in [0.2, 0.25) is 0 Å². The topological polar surface area (TPSA) is 35.8 Å². The normalized spacial score (nSPS) is 11.9. The van der Waals surface area contributed by atoms with E-state index in [0.717, 1.165) is 24.9 Å². The molecule has 1 rings (SSSR count). The zero-order valence-electron chi connectivity index (χ0n) is 11.2. The first kappa shape index (κ1) is 14.9. The summed E-state index contributed by atoms with van der Waals surface area (Å²) in [5.41, 5.74) is 1.52. The Balaban J connectivity index is 2.76. The van der Waals surface area contributed by atoms with Crippen LogP contribution in [0, 0.1) is 11.3 Å². The van der Waals surface area contributed by atoms with Crippen LogP contribution in [0.15, 0.2) is 18.2 Å². The molecule has 98 valence electrons. The van der Waals surface area contributed by atoms with E-state index in [-0.39, 0.29) is 0 Å². The molecule has 0 amide bonds. The van der Waals surface area contributed by atoms with E-state index in [1.165, 1.54) is 12.8 Å². The van der Waals surface area contributed by atoms with Crippen molar-refractivity contribution in [1.82, 2.24) is 0 Å². The summed E-state index contributed by atoms with van der Waals surface area (Å²) in [6.07, 6.45) is 5.85. The minimum atomic E-state index is 0.447. The third-order valence-corrected chi connectivity index (χ3v) is 3.24. The number of anilines is 1. The van der Waals surface area contributed by atoms with Crippen molar-refractivity contribution in [2.24, 2.45) is 0 Å². The van der Waals surface area contributed by atoms with Crippen LogP contribution in [0.3, 0.4) is 0 Å². The Hall–Kier alpha value is -1.20. The van der Waals surface area contributed by atoms with Crippen molar-refractivity contribution in [3.63, 3.8) is 0 Å². The van der Waals surface area contributed by atoms with Gasteiger partial charge in [-0.05, 0) is 31.0 Å². The van der Waals surface area contributed by atoms with Gasteiger partial charge in [-0.25, -0.2) is 0 Å². The van der Waals surface area contributed by atoms with Gasteiger partial charge in [0.1, 0.15) is 6.07 Å². The summed E-state index contributed by atoms with van der Waals surface area (Å²) in [5.74, 6) is 0. The third-order valence-electron chi connectivity index (χ3n) is 3.00. The number of hydrogen-bond donors (Lipinski definition) is 1. The number of halogens is 1. The Morgan fingerprint density at radius 1 is 1.28 bits per heavy atom. The average molecular weight is 265 g/mol. The standard InChI is InChI=1S/C15H21ClN2/c1-3-5-7-14(6-4-2)18-15-9-8-13(16)10-12(15)11-17/h8-10,14,18H,3-7H2,1-2H3. The molecule has 0 aliphatic rings. The van der Waals surface area contributed by atoms with E-state index in [1.54, 1.807) is 6.07 Å². The molecule has 1 N–H and O–H groups in total. The second-order valence-corrected chi connectivity index (χ2v) is 5.01. The lowest BCUT2D eigenvalue weighted by Gasteiger charge is -2.20. The predicted octanol–water partition coefficient (Wildman–Crippen LogP) is 4.98. The molecule has 0 fully saturated rings. The molecule has 0 aliphatic carbocycles. The molecule has 3 heteroatoms. The predicted molar refractivity (Wildman–Crippen MR) is 78.0 cm³/mol. The van der Waals surface area contributed by atoms with E-state index in [4.69, 9.17) is 16.9 Å². The van der Waals surface area contributed by atoms with Crippen LogP contribution in [0.1, 0.15) is 51.5 Å². The number of unbranched alkanes of at least 4 members (excludes halogenated alkanes) is 1. The van der Waals surface area contributed by atoms with Crippen LogP contribution in [0.25, 0.3) is 0 Å². The maximum absolute atomic E-state index is 9.11. The molecule has 0 aliphatic heterocycles. The fourth-order valence-corrected chi connectivity index (χ4v) is 2.21. The van der Waals surface area contributed by atoms with Gasteiger partial charge in [-0.15, -0.1) is 0 Å². The van der Waals surface area contributed by atoms with E-state index in [2.05, 4.69) is 25.2 Å². The summed E-state index contributed by atoms with van der Waals surface area (Å²) in [6, 6.07) is 8.08. The Kier molecular flexibility index (Phi) is 6.60. The molecule has 1 aromatic rings. The minimum absolute atomic E-state index is 0.447. The molecule has 1 aromatic carbocycles. The van der Waals surface area contributed by atoms with Crippen LogP contribution in [0.4, 0.5) is 5.69 Å². The van der Waals surface area contributed by atoms with Crippen LogP contribution in [0.5, 0.6) is 0 Å². The second kappa shape index (κ2) is 8.00.